The van der Waals surface area contributed by atoms with Gasteiger partial charge < -0.3 is 4.40 Å². The fraction of sp³-hybridized carbons (Fsp3) is 0. The highest BCUT2D eigenvalue weighted by atomic mass is 16.2. The van der Waals surface area contributed by atoms with Gasteiger partial charge in [-0.05, 0) is 24.3 Å². The third-order valence-electron chi connectivity index (χ3n) is 4.94. The third kappa shape index (κ3) is 2.16. The van der Waals surface area contributed by atoms with Gasteiger partial charge in [-0.2, -0.15) is 0 Å². The second-order valence-corrected chi connectivity index (χ2v) is 6.53. The first-order valence-electron chi connectivity index (χ1n) is 8.85. The van der Waals surface area contributed by atoms with E-state index in [9.17, 15) is 14.4 Å². The number of ketones is 1. The predicted octanol–water partition coefficient (Wildman–Crippen LogP) is 3.97. The van der Waals surface area contributed by atoms with Crippen molar-refractivity contribution in [2.75, 3.05) is 4.90 Å². The Labute approximate surface area is 160 Å². The van der Waals surface area contributed by atoms with E-state index in [2.05, 4.69) is 0 Å². The molecule has 134 valence electrons. The molecule has 0 bridgehead atoms. The van der Waals surface area contributed by atoms with Crippen LogP contribution in [-0.4, -0.2) is 22.0 Å². The first-order valence-corrected chi connectivity index (χ1v) is 8.85. The number of anilines is 1. The minimum atomic E-state index is -0.478. The van der Waals surface area contributed by atoms with Gasteiger partial charge in [-0.3, -0.25) is 14.4 Å². The Morgan fingerprint density at radius 1 is 0.679 bits per heavy atom. The molecule has 3 heterocycles. The van der Waals surface area contributed by atoms with Gasteiger partial charge in [0.2, 0.25) is 5.78 Å². The number of nitrogens with zero attached hydrogens (tertiary/aromatic N) is 2. The maximum atomic E-state index is 13.3. The Hall–Kier alpha value is -3.99. The first kappa shape index (κ1) is 16.2. The van der Waals surface area contributed by atoms with Crippen molar-refractivity contribution in [1.29, 1.82) is 0 Å². The quantitative estimate of drug-likeness (QED) is 0.407. The Bertz CT molecular complexity index is 1260. The second kappa shape index (κ2) is 6.03. The zero-order chi connectivity index (χ0) is 19.3. The predicted molar refractivity (Wildman–Crippen MR) is 105 cm³/mol. The normalized spacial score (nSPS) is 13.2. The van der Waals surface area contributed by atoms with Gasteiger partial charge in [-0.25, -0.2) is 4.90 Å². The second-order valence-electron chi connectivity index (χ2n) is 6.53. The average Bonchev–Trinajstić information content (AvgIpc) is 3.22. The largest absolute Gasteiger partial charge is 0.312 e. The van der Waals surface area contributed by atoms with Gasteiger partial charge in [0, 0.05) is 11.8 Å². The van der Waals surface area contributed by atoms with Crippen molar-refractivity contribution < 1.29 is 14.4 Å². The molecule has 1 aliphatic rings. The van der Waals surface area contributed by atoms with E-state index >= 15 is 0 Å². The fourth-order valence-corrected chi connectivity index (χ4v) is 3.71. The molecule has 2 amide bonds. The van der Waals surface area contributed by atoms with Crippen molar-refractivity contribution in [1.82, 2.24) is 4.40 Å². The molecule has 0 atom stereocenters. The number of carbonyl (C=O) groups is 3. The minimum absolute atomic E-state index is 0.161. The lowest BCUT2D eigenvalue weighted by molar-refractivity contribution is 0.0919. The monoisotopic (exact) mass is 366 g/mol. The van der Waals surface area contributed by atoms with Crippen LogP contribution in [0.1, 0.15) is 36.8 Å². The number of rotatable bonds is 3. The van der Waals surface area contributed by atoms with E-state index in [0.29, 0.717) is 16.8 Å². The molecule has 0 aliphatic carbocycles. The fourth-order valence-electron chi connectivity index (χ4n) is 3.71. The summed E-state index contributed by atoms with van der Waals surface area (Å²) in [5, 5.41) is 0. The molecular weight excluding hydrogens is 352 g/mol. The number of pyridine rings is 1. The lowest BCUT2D eigenvalue weighted by Gasteiger charge is -2.15. The highest BCUT2D eigenvalue weighted by Crippen LogP contribution is 2.35. The summed E-state index contributed by atoms with van der Waals surface area (Å²) in [5.41, 5.74) is 2.15. The first-order chi connectivity index (χ1) is 13.7. The number of benzene rings is 2. The molecule has 28 heavy (non-hydrogen) atoms. The van der Waals surface area contributed by atoms with Crippen LogP contribution in [0.25, 0.3) is 5.52 Å². The molecule has 2 aromatic heterocycles. The number of imide groups is 1. The highest BCUT2D eigenvalue weighted by molar-refractivity contribution is 6.39. The van der Waals surface area contributed by atoms with Gasteiger partial charge in [0.1, 0.15) is 5.69 Å². The molecule has 5 nitrogen and oxygen atoms in total. The zero-order valence-electron chi connectivity index (χ0n) is 14.7. The van der Waals surface area contributed by atoms with Crippen LogP contribution in [0.4, 0.5) is 5.69 Å². The van der Waals surface area contributed by atoms with Crippen LogP contribution in [0, 0.1) is 0 Å². The topological polar surface area (TPSA) is 58.9 Å². The van der Waals surface area contributed by atoms with Crippen molar-refractivity contribution >= 4 is 28.8 Å². The number of para-hydroxylation sites is 1. The van der Waals surface area contributed by atoms with E-state index in [1.807, 2.05) is 12.1 Å². The molecule has 2 aromatic carbocycles. The van der Waals surface area contributed by atoms with Gasteiger partial charge in [-0.1, -0.05) is 54.6 Å². The number of aromatic nitrogens is 1. The van der Waals surface area contributed by atoms with Crippen LogP contribution in [-0.2, 0) is 0 Å². The maximum absolute atomic E-state index is 13.3. The SMILES string of the molecule is O=C(c1ccccc1)c1c2c(c3ccccn13)C(=O)N(c1ccccc1)C2=O. The summed E-state index contributed by atoms with van der Waals surface area (Å²) < 4.78 is 1.64. The molecule has 0 fully saturated rings. The molecule has 0 radical (unpaired) electrons. The van der Waals surface area contributed by atoms with Gasteiger partial charge in [0.25, 0.3) is 11.8 Å². The molecule has 1 aliphatic heterocycles. The number of fused-ring (bicyclic) bond motifs is 3. The van der Waals surface area contributed by atoms with Crippen molar-refractivity contribution in [3.05, 3.63) is 107 Å². The summed E-state index contributed by atoms with van der Waals surface area (Å²) >= 11 is 0. The Morgan fingerprint density at radius 3 is 2.00 bits per heavy atom. The van der Waals surface area contributed by atoms with Crippen LogP contribution >= 0.6 is 0 Å². The molecule has 0 saturated carbocycles. The van der Waals surface area contributed by atoms with Gasteiger partial charge in [0.15, 0.2) is 0 Å². The van der Waals surface area contributed by atoms with E-state index in [4.69, 9.17) is 0 Å². The number of amides is 2. The summed E-state index contributed by atoms with van der Waals surface area (Å²) in [7, 11) is 0. The van der Waals surface area contributed by atoms with Crippen LogP contribution in [0.2, 0.25) is 0 Å². The summed E-state index contributed by atoms with van der Waals surface area (Å²) in [6, 6.07) is 22.8. The van der Waals surface area contributed by atoms with E-state index in [1.165, 1.54) is 0 Å². The summed E-state index contributed by atoms with van der Waals surface area (Å²) in [6.45, 7) is 0. The molecule has 0 N–H and O–H groups in total. The van der Waals surface area contributed by atoms with Crippen molar-refractivity contribution in [2.24, 2.45) is 0 Å². The smallest absolute Gasteiger partial charge is 0.268 e. The lowest BCUT2D eigenvalue weighted by atomic mass is 10.0. The molecule has 0 unspecified atom stereocenters. The van der Waals surface area contributed by atoms with E-state index < -0.39 is 11.8 Å². The summed E-state index contributed by atoms with van der Waals surface area (Å²) in [6.07, 6.45) is 1.71. The van der Waals surface area contributed by atoms with Gasteiger partial charge >= 0.3 is 0 Å². The van der Waals surface area contributed by atoms with Crippen molar-refractivity contribution in [2.45, 2.75) is 0 Å². The third-order valence-corrected chi connectivity index (χ3v) is 4.94. The minimum Gasteiger partial charge on any atom is -0.312 e. The zero-order valence-corrected chi connectivity index (χ0v) is 14.7. The van der Waals surface area contributed by atoms with Gasteiger partial charge in [-0.15, -0.1) is 0 Å². The number of carbonyl (C=O) groups excluding carboxylic acids is 3. The van der Waals surface area contributed by atoms with Crippen LogP contribution < -0.4 is 4.90 Å². The van der Waals surface area contributed by atoms with Crippen LogP contribution in [0.15, 0.2) is 85.1 Å². The highest BCUT2D eigenvalue weighted by Gasteiger charge is 2.43. The summed E-state index contributed by atoms with van der Waals surface area (Å²) in [5.74, 6) is -1.18. The molecular formula is C23H14N2O3. The molecule has 0 spiro atoms. The van der Waals surface area contributed by atoms with Crippen LogP contribution in [0.3, 0.4) is 0 Å². The molecule has 4 aromatic rings. The van der Waals surface area contributed by atoms with E-state index in [0.717, 1.165) is 4.90 Å². The number of hydrogen-bond acceptors (Lipinski definition) is 3. The van der Waals surface area contributed by atoms with E-state index in [-0.39, 0.29) is 22.6 Å². The Kier molecular flexibility index (Phi) is 3.49. The molecule has 5 rings (SSSR count). The lowest BCUT2D eigenvalue weighted by Crippen LogP contribution is -2.30. The maximum Gasteiger partial charge on any atom is 0.268 e. The Morgan fingerprint density at radius 2 is 1.29 bits per heavy atom. The molecule has 0 saturated heterocycles. The van der Waals surface area contributed by atoms with E-state index in [1.54, 1.807) is 77.3 Å². The Balaban J connectivity index is 1.77. The van der Waals surface area contributed by atoms with Crippen molar-refractivity contribution in [3.63, 3.8) is 0 Å². The standard InChI is InChI=1S/C23H14N2O3/c26-21(15-9-3-1-4-10-15)20-19-18(17-13-7-8-14-24(17)20)22(27)25(23(19)28)16-11-5-2-6-12-16/h1-14H. The summed E-state index contributed by atoms with van der Waals surface area (Å²) in [4.78, 5) is 40.9. The van der Waals surface area contributed by atoms with Gasteiger partial charge in [0.05, 0.1) is 22.3 Å². The number of hydrogen-bond donors (Lipinski definition) is 0. The molecule has 5 heteroatoms. The van der Waals surface area contributed by atoms with Crippen LogP contribution in [0.5, 0.6) is 0 Å². The average molecular weight is 366 g/mol. The van der Waals surface area contributed by atoms with Crippen molar-refractivity contribution in [3.8, 4) is 0 Å².